The van der Waals surface area contributed by atoms with Crippen molar-refractivity contribution in [2.75, 3.05) is 33.4 Å². The maximum Gasteiger partial charge on any atom is 0.356 e. The van der Waals surface area contributed by atoms with E-state index in [9.17, 15) is 4.79 Å². The fraction of sp³-hybridized carbons (Fsp3) is 0.368. The molecule has 0 unspecified atom stereocenters. The number of ether oxygens (including phenoxy) is 3. The molecule has 0 aliphatic carbocycles. The average Bonchev–Trinajstić information content (AvgIpc) is 2.68. The molecule has 0 bridgehead atoms. The van der Waals surface area contributed by atoms with Crippen molar-refractivity contribution >= 4 is 5.97 Å². The number of hydrogen-bond acceptors (Lipinski definition) is 6. The van der Waals surface area contributed by atoms with Crippen molar-refractivity contribution in [3.63, 3.8) is 0 Å². The number of morpholine rings is 1. The third-order valence-electron chi connectivity index (χ3n) is 4.04. The van der Waals surface area contributed by atoms with E-state index in [1.807, 2.05) is 0 Å². The zero-order valence-corrected chi connectivity index (χ0v) is 14.3. The SMILES string of the molecule is COC(=O)c1cccc(OCc2ccc(CN3CCOCC3)cc2)n1. The van der Waals surface area contributed by atoms with E-state index in [1.165, 1.54) is 12.7 Å². The van der Waals surface area contributed by atoms with E-state index in [0.29, 0.717) is 12.5 Å². The number of rotatable bonds is 6. The van der Waals surface area contributed by atoms with Crippen LogP contribution in [-0.4, -0.2) is 49.3 Å². The molecule has 3 rings (SSSR count). The van der Waals surface area contributed by atoms with Crippen molar-refractivity contribution in [2.24, 2.45) is 0 Å². The first-order valence-electron chi connectivity index (χ1n) is 8.31. The fourth-order valence-electron chi connectivity index (χ4n) is 2.63. The number of nitrogens with zero attached hydrogens (tertiary/aromatic N) is 2. The van der Waals surface area contributed by atoms with E-state index in [0.717, 1.165) is 38.4 Å². The largest absolute Gasteiger partial charge is 0.473 e. The third-order valence-corrected chi connectivity index (χ3v) is 4.04. The number of carbonyl (C=O) groups excluding carboxylic acids is 1. The van der Waals surface area contributed by atoms with Crippen LogP contribution in [0.15, 0.2) is 42.5 Å². The molecule has 0 atom stereocenters. The molecular weight excluding hydrogens is 320 g/mol. The van der Waals surface area contributed by atoms with Gasteiger partial charge in [0.2, 0.25) is 5.88 Å². The summed E-state index contributed by atoms with van der Waals surface area (Å²) in [4.78, 5) is 18.0. The molecule has 132 valence electrons. The van der Waals surface area contributed by atoms with Crippen LogP contribution >= 0.6 is 0 Å². The standard InChI is InChI=1S/C19H22N2O4/c1-23-19(22)17-3-2-4-18(20-17)25-14-16-7-5-15(6-8-16)13-21-9-11-24-12-10-21/h2-8H,9-14H2,1H3. The van der Waals surface area contributed by atoms with Crippen molar-refractivity contribution in [1.29, 1.82) is 0 Å². The zero-order valence-electron chi connectivity index (χ0n) is 14.3. The normalized spacial score (nSPS) is 14.9. The zero-order chi connectivity index (χ0) is 17.5. The van der Waals surface area contributed by atoms with Crippen LogP contribution in [-0.2, 0) is 22.6 Å². The maximum absolute atomic E-state index is 11.5. The number of pyridine rings is 1. The molecule has 0 radical (unpaired) electrons. The molecule has 1 aliphatic rings. The number of aromatic nitrogens is 1. The van der Waals surface area contributed by atoms with Gasteiger partial charge >= 0.3 is 5.97 Å². The van der Waals surface area contributed by atoms with Crippen LogP contribution in [0.5, 0.6) is 5.88 Å². The van der Waals surface area contributed by atoms with Gasteiger partial charge in [0.25, 0.3) is 0 Å². The Morgan fingerprint density at radius 3 is 2.56 bits per heavy atom. The number of esters is 1. The van der Waals surface area contributed by atoms with Crippen LogP contribution in [0.3, 0.4) is 0 Å². The van der Waals surface area contributed by atoms with Gasteiger partial charge in [-0.2, -0.15) is 0 Å². The van der Waals surface area contributed by atoms with Gasteiger partial charge in [-0.25, -0.2) is 9.78 Å². The van der Waals surface area contributed by atoms with E-state index in [2.05, 4.69) is 38.9 Å². The van der Waals surface area contributed by atoms with Crippen LogP contribution in [0.25, 0.3) is 0 Å². The third kappa shape index (κ3) is 5.01. The molecule has 6 nitrogen and oxygen atoms in total. The predicted molar refractivity (Wildman–Crippen MR) is 92.4 cm³/mol. The molecule has 1 aliphatic heterocycles. The summed E-state index contributed by atoms with van der Waals surface area (Å²) in [5, 5.41) is 0. The molecule has 2 aromatic rings. The quantitative estimate of drug-likeness (QED) is 0.751. The number of benzene rings is 1. The van der Waals surface area contributed by atoms with Crippen LogP contribution in [0.1, 0.15) is 21.6 Å². The molecular formula is C19H22N2O4. The Labute approximate surface area is 147 Å². The second-order valence-electron chi connectivity index (χ2n) is 5.85. The molecule has 6 heteroatoms. The molecule has 1 aromatic carbocycles. The van der Waals surface area contributed by atoms with Crippen LogP contribution in [0.2, 0.25) is 0 Å². The first-order chi connectivity index (χ1) is 12.2. The molecule has 0 N–H and O–H groups in total. The molecule has 0 saturated carbocycles. The number of carbonyl (C=O) groups is 1. The van der Waals surface area contributed by atoms with Gasteiger partial charge in [0.05, 0.1) is 20.3 Å². The predicted octanol–water partition coefficient (Wildman–Crippen LogP) is 2.28. The summed E-state index contributed by atoms with van der Waals surface area (Å²) >= 11 is 0. The Bertz CT molecular complexity index is 697. The minimum absolute atomic E-state index is 0.237. The molecule has 0 spiro atoms. The Hall–Kier alpha value is -2.44. The number of methoxy groups -OCH3 is 1. The van der Waals surface area contributed by atoms with E-state index in [-0.39, 0.29) is 5.69 Å². The fourth-order valence-corrected chi connectivity index (χ4v) is 2.63. The first-order valence-corrected chi connectivity index (χ1v) is 8.31. The first kappa shape index (κ1) is 17.4. The lowest BCUT2D eigenvalue weighted by Crippen LogP contribution is -2.35. The highest BCUT2D eigenvalue weighted by Gasteiger charge is 2.11. The molecule has 2 heterocycles. The average molecular weight is 342 g/mol. The van der Waals surface area contributed by atoms with Crippen LogP contribution < -0.4 is 4.74 Å². The molecule has 1 aromatic heterocycles. The second kappa shape index (κ2) is 8.60. The van der Waals surface area contributed by atoms with Crippen LogP contribution in [0.4, 0.5) is 0 Å². The summed E-state index contributed by atoms with van der Waals surface area (Å²) < 4.78 is 15.7. The minimum atomic E-state index is -0.474. The van der Waals surface area contributed by atoms with Crippen molar-refractivity contribution < 1.29 is 19.0 Å². The van der Waals surface area contributed by atoms with Gasteiger partial charge in [0.1, 0.15) is 6.61 Å². The lowest BCUT2D eigenvalue weighted by Gasteiger charge is -2.26. The van der Waals surface area contributed by atoms with E-state index >= 15 is 0 Å². The van der Waals surface area contributed by atoms with Crippen molar-refractivity contribution in [3.8, 4) is 5.88 Å². The van der Waals surface area contributed by atoms with Gasteiger partial charge < -0.3 is 14.2 Å². The van der Waals surface area contributed by atoms with E-state index in [1.54, 1.807) is 18.2 Å². The lowest BCUT2D eigenvalue weighted by atomic mass is 10.1. The van der Waals surface area contributed by atoms with Crippen molar-refractivity contribution in [1.82, 2.24) is 9.88 Å². The summed E-state index contributed by atoms with van der Waals surface area (Å²) in [7, 11) is 1.33. The smallest absolute Gasteiger partial charge is 0.356 e. The van der Waals surface area contributed by atoms with Gasteiger partial charge in [0, 0.05) is 25.7 Å². The Morgan fingerprint density at radius 1 is 1.12 bits per heavy atom. The Morgan fingerprint density at radius 2 is 1.84 bits per heavy atom. The lowest BCUT2D eigenvalue weighted by molar-refractivity contribution is 0.0342. The molecule has 1 saturated heterocycles. The van der Waals surface area contributed by atoms with Crippen LogP contribution in [0, 0.1) is 0 Å². The molecule has 25 heavy (non-hydrogen) atoms. The summed E-state index contributed by atoms with van der Waals surface area (Å²) in [5.74, 6) is -0.0711. The summed E-state index contributed by atoms with van der Waals surface area (Å²) in [6, 6.07) is 13.4. The van der Waals surface area contributed by atoms with E-state index in [4.69, 9.17) is 9.47 Å². The minimum Gasteiger partial charge on any atom is -0.473 e. The highest BCUT2D eigenvalue weighted by atomic mass is 16.5. The van der Waals surface area contributed by atoms with Gasteiger partial charge in [-0.1, -0.05) is 30.3 Å². The van der Waals surface area contributed by atoms with Gasteiger partial charge in [0.15, 0.2) is 5.69 Å². The highest BCUT2D eigenvalue weighted by Crippen LogP contribution is 2.13. The van der Waals surface area contributed by atoms with Crippen molar-refractivity contribution in [3.05, 3.63) is 59.3 Å². The number of hydrogen-bond donors (Lipinski definition) is 0. The monoisotopic (exact) mass is 342 g/mol. The summed E-state index contributed by atoms with van der Waals surface area (Å²) in [6.07, 6.45) is 0. The summed E-state index contributed by atoms with van der Waals surface area (Å²) in [6.45, 7) is 4.91. The molecule has 0 amide bonds. The Kier molecular flexibility index (Phi) is 5.98. The van der Waals surface area contributed by atoms with Gasteiger partial charge in [-0.15, -0.1) is 0 Å². The van der Waals surface area contributed by atoms with Gasteiger partial charge in [-0.3, -0.25) is 4.90 Å². The second-order valence-corrected chi connectivity index (χ2v) is 5.85. The maximum atomic E-state index is 11.5. The van der Waals surface area contributed by atoms with Crippen molar-refractivity contribution in [2.45, 2.75) is 13.2 Å². The topological polar surface area (TPSA) is 60.9 Å². The highest BCUT2D eigenvalue weighted by molar-refractivity contribution is 5.87. The summed E-state index contributed by atoms with van der Waals surface area (Å²) in [5.41, 5.74) is 2.56. The van der Waals surface area contributed by atoms with Gasteiger partial charge in [-0.05, 0) is 17.2 Å². The Balaban J connectivity index is 1.54. The van der Waals surface area contributed by atoms with E-state index < -0.39 is 5.97 Å². The molecule has 1 fully saturated rings.